The summed E-state index contributed by atoms with van der Waals surface area (Å²) in [5.41, 5.74) is 2.17. The normalized spacial score (nSPS) is 11.5. The minimum Gasteiger partial charge on any atom is -0.197 e. The number of allylic oxidation sites excluding steroid dienone is 1. The monoisotopic (exact) mass is 200 g/mol. The standard InChI is InChI=1S/C12H12N2O/c1-3-9-7-11(10(4-2)8-13)5-6-12(9)14-15/h4-7,10H,2-3H2,1H3. The quantitative estimate of drug-likeness (QED) is 0.552. The molecular formula is C12H12N2O. The minimum atomic E-state index is -0.323. The van der Waals surface area contributed by atoms with Crippen molar-refractivity contribution in [3.05, 3.63) is 46.9 Å². The van der Waals surface area contributed by atoms with Gasteiger partial charge in [0.2, 0.25) is 0 Å². The zero-order valence-corrected chi connectivity index (χ0v) is 8.60. The van der Waals surface area contributed by atoms with Crippen molar-refractivity contribution >= 4 is 5.69 Å². The summed E-state index contributed by atoms with van der Waals surface area (Å²) >= 11 is 0. The topological polar surface area (TPSA) is 53.2 Å². The molecule has 0 aliphatic heterocycles. The summed E-state index contributed by atoms with van der Waals surface area (Å²) in [5.74, 6) is -0.323. The van der Waals surface area contributed by atoms with Crippen LogP contribution in [0.2, 0.25) is 0 Å². The number of rotatable bonds is 4. The lowest BCUT2D eigenvalue weighted by atomic mass is 9.97. The van der Waals surface area contributed by atoms with Gasteiger partial charge in [-0.05, 0) is 28.8 Å². The fraction of sp³-hybridized carbons (Fsp3) is 0.250. The fourth-order valence-corrected chi connectivity index (χ4v) is 1.43. The van der Waals surface area contributed by atoms with Crippen LogP contribution >= 0.6 is 0 Å². The van der Waals surface area contributed by atoms with Gasteiger partial charge >= 0.3 is 0 Å². The molecule has 0 aliphatic rings. The van der Waals surface area contributed by atoms with Gasteiger partial charge in [0.1, 0.15) is 5.69 Å². The molecule has 1 unspecified atom stereocenters. The largest absolute Gasteiger partial charge is 0.197 e. The summed E-state index contributed by atoms with van der Waals surface area (Å²) in [4.78, 5) is 10.5. The Morgan fingerprint density at radius 2 is 2.40 bits per heavy atom. The summed E-state index contributed by atoms with van der Waals surface area (Å²) in [5, 5.41) is 11.8. The first-order chi connectivity index (χ1) is 7.26. The number of hydrogen-bond donors (Lipinski definition) is 0. The molecule has 1 rings (SSSR count). The zero-order valence-electron chi connectivity index (χ0n) is 8.60. The van der Waals surface area contributed by atoms with Crippen molar-refractivity contribution in [2.45, 2.75) is 19.3 Å². The number of nitroso groups, excluding NO2 is 1. The molecule has 0 bridgehead atoms. The van der Waals surface area contributed by atoms with Gasteiger partial charge in [-0.15, -0.1) is 11.5 Å². The molecule has 0 spiro atoms. The zero-order chi connectivity index (χ0) is 11.3. The van der Waals surface area contributed by atoms with Crippen molar-refractivity contribution in [2.24, 2.45) is 5.18 Å². The van der Waals surface area contributed by atoms with E-state index in [2.05, 4.69) is 17.8 Å². The van der Waals surface area contributed by atoms with Crippen LogP contribution in [0.25, 0.3) is 0 Å². The summed E-state index contributed by atoms with van der Waals surface area (Å²) in [6.45, 7) is 5.55. The van der Waals surface area contributed by atoms with Crippen molar-refractivity contribution < 1.29 is 0 Å². The van der Waals surface area contributed by atoms with Crippen LogP contribution in [0, 0.1) is 16.2 Å². The Morgan fingerprint density at radius 3 is 2.87 bits per heavy atom. The van der Waals surface area contributed by atoms with Gasteiger partial charge in [-0.1, -0.05) is 25.1 Å². The van der Waals surface area contributed by atoms with Gasteiger partial charge in [-0.25, -0.2) is 0 Å². The van der Waals surface area contributed by atoms with Crippen molar-refractivity contribution in [3.8, 4) is 6.07 Å². The lowest BCUT2D eigenvalue weighted by Gasteiger charge is -2.07. The molecular weight excluding hydrogens is 188 g/mol. The van der Waals surface area contributed by atoms with Crippen LogP contribution in [0.5, 0.6) is 0 Å². The number of nitrogens with zero attached hydrogens (tertiary/aromatic N) is 2. The molecule has 1 atom stereocenters. The molecule has 0 N–H and O–H groups in total. The lowest BCUT2D eigenvalue weighted by molar-refractivity contribution is 1.06. The number of nitriles is 1. The van der Waals surface area contributed by atoms with Gasteiger partial charge in [0, 0.05) is 0 Å². The van der Waals surface area contributed by atoms with E-state index < -0.39 is 0 Å². The highest BCUT2D eigenvalue weighted by Gasteiger charge is 2.09. The SMILES string of the molecule is C=CC(C#N)c1ccc(N=O)c(CC)c1. The molecule has 0 saturated carbocycles. The molecule has 15 heavy (non-hydrogen) atoms. The predicted molar refractivity (Wildman–Crippen MR) is 59.8 cm³/mol. The molecule has 0 aliphatic carbocycles. The van der Waals surface area contributed by atoms with Crippen molar-refractivity contribution in [1.29, 1.82) is 5.26 Å². The Labute approximate surface area is 89.0 Å². The minimum absolute atomic E-state index is 0.323. The molecule has 1 aromatic rings. The first kappa shape index (κ1) is 11.1. The highest BCUT2D eigenvalue weighted by molar-refractivity contribution is 5.49. The molecule has 1 aromatic carbocycles. The molecule has 0 heterocycles. The van der Waals surface area contributed by atoms with Crippen LogP contribution in [0.1, 0.15) is 24.0 Å². The highest BCUT2D eigenvalue weighted by Crippen LogP contribution is 2.25. The van der Waals surface area contributed by atoms with E-state index in [4.69, 9.17) is 5.26 Å². The Morgan fingerprint density at radius 1 is 1.67 bits per heavy atom. The van der Waals surface area contributed by atoms with Crippen LogP contribution in [0.15, 0.2) is 36.0 Å². The van der Waals surface area contributed by atoms with Gasteiger partial charge in [-0.2, -0.15) is 5.26 Å². The van der Waals surface area contributed by atoms with Crippen LogP contribution in [-0.2, 0) is 6.42 Å². The van der Waals surface area contributed by atoms with E-state index >= 15 is 0 Å². The molecule has 0 fully saturated rings. The lowest BCUT2D eigenvalue weighted by Crippen LogP contribution is -1.93. The third-order valence-corrected chi connectivity index (χ3v) is 2.32. The molecule has 0 amide bonds. The molecule has 76 valence electrons. The second kappa shape index (κ2) is 5.06. The summed E-state index contributed by atoms with van der Waals surface area (Å²) in [6, 6.07) is 7.36. The van der Waals surface area contributed by atoms with Gasteiger partial charge in [0.05, 0.1) is 12.0 Å². The maximum absolute atomic E-state index is 10.5. The summed E-state index contributed by atoms with van der Waals surface area (Å²) < 4.78 is 0. The van der Waals surface area contributed by atoms with E-state index in [1.807, 2.05) is 13.0 Å². The maximum Gasteiger partial charge on any atom is 0.111 e. The van der Waals surface area contributed by atoms with Crippen molar-refractivity contribution in [2.75, 3.05) is 0 Å². The number of hydrogen-bond acceptors (Lipinski definition) is 3. The molecule has 0 radical (unpaired) electrons. The summed E-state index contributed by atoms with van der Waals surface area (Å²) in [7, 11) is 0. The van der Waals surface area contributed by atoms with Gasteiger partial charge in [0.15, 0.2) is 0 Å². The van der Waals surface area contributed by atoms with Gasteiger partial charge < -0.3 is 0 Å². The van der Waals surface area contributed by atoms with E-state index in [1.165, 1.54) is 0 Å². The van der Waals surface area contributed by atoms with Gasteiger partial charge in [0.25, 0.3) is 0 Å². The van der Waals surface area contributed by atoms with E-state index in [0.29, 0.717) is 5.69 Å². The van der Waals surface area contributed by atoms with Crippen LogP contribution in [0.4, 0.5) is 5.69 Å². The van der Waals surface area contributed by atoms with Crippen LogP contribution in [-0.4, -0.2) is 0 Å². The average molecular weight is 200 g/mol. The van der Waals surface area contributed by atoms with Crippen LogP contribution in [0.3, 0.4) is 0 Å². The molecule has 0 aromatic heterocycles. The van der Waals surface area contributed by atoms with E-state index in [-0.39, 0.29) is 5.92 Å². The van der Waals surface area contributed by atoms with E-state index in [0.717, 1.165) is 17.5 Å². The molecule has 3 nitrogen and oxygen atoms in total. The number of aryl methyl sites for hydroxylation is 1. The van der Waals surface area contributed by atoms with Crippen LogP contribution < -0.4 is 0 Å². The van der Waals surface area contributed by atoms with Crippen molar-refractivity contribution in [3.63, 3.8) is 0 Å². The number of benzene rings is 1. The summed E-state index contributed by atoms with van der Waals surface area (Å²) in [6.07, 6.45) is 2.31. The second-order valence-electron chi connectivity index (χ2n) is 3.18. The van der Waals surface area contributed by atoms with E-state index in [9.17, 15) is 4.91 Å². The first-order valence-corrected chi connectivity index (χ1v) is 4.75. The molecule has 3 heteroatoms. The Hall–Kier alpha value is -1.95. The average Bonchev–Trinajstić information content (AvgIpc) is 2.30. The highest BCUT2D eigenvalue weighted by atomic mass is 16.3. The smallest absolute Gasteiger partial charge is 0.111 e. The predicted octanol–water partition coefficient (Wildman–Crippen LogP) is 3.44. The third-order valence-electron chi connectivity index (χ3n) is 2.32. The molecule has 0 saturated heterocycles. The fourth-order valence-electron chi connectivity index (χ4n) is 1.43. The van der Waals surface area contributed by atoms with Gasteiger partial charge in [-0.3, -0.25) is 0 Å². The first-order valence-electron chi connectivity index (χ1n) is 4.75. The Kier molecular flexibility index (Phi) is 3.75. The van der Waals surface area contributed by atoms with Crippen molar-refractivity contribution in [1.82, 2.24) is 0 Å². The third kappa shape index (κ3) is 2.29. The maximum atomic E-state index is 10.5. The Balaban J connectivity index is 3.19. The van der Waals surface area contributed by atoms with E-state index in [1.54, 1.807) is 18.2 Å². The second-order valence-corrected chi connectivity index (χ2v) is 3.18. The Bertz CT molecular complexity index is 418.